The normalized spacial score (nSPS) is 12.2. The first-order chi connectivity index (χ1) is 14.0. The van der Waals surface area contributed by atoms with Gasteiger partial charge in [0.15, 0.2) is 0 Å². The summed E-state index contributed by atoms with van der Waals surface area (Å²) in [7, 11) is 0. The fourth-order valence-electron chi connectivity index (χ4n) is 1.89. The van der Waals surface area contributed by atoms with Crippen molar-refractivity contribution < 1.29 is 39.0 Å². The average Bonchev–Trinajstić information content (AvgIpc) is 2.63. The first-order valence-corrected chi connectivity index (χ1v) is 10.8. The predicted octanol–water partition coefficient (Wildman–Crippen LogP) is -0.169. The molecule has 0 rings (SSSR count). The van der Waals surface area contributed by atoms with E-state index >= 15 is 0 Å². The molecule has 4 amide bonds. The summed E-state index contributed by atoms with van der Waals surface area (Å²) in [4.78, 5) is 67.1. The Balaban J connectivity index is 3.90. The number of unbranched alkanes of at least 4 members (excludes halogenated alkanes) is 1. The Labute approximate surface area is 181 Å². The SMILES string of the molecule is CC(=O)N[C@@H](CSC(=O)NCCCCNC(=O)SC[C@H](NC(C)=O)C(=O)O)C(=O)O. The standard InChI is InChI=1S/C16H26N4O8S2/c1-9(21)19-11(13(23)24)7-29-15(27)17-5-3-4-6-18-16(28)30-8-12(14(25)26)20-10(2)22/h11-12H,3-8H2,1-2H3,(H,17,27)(H,18,28)(H,19,21)(H,20,22)(H,23,24)(H,25,26)/t11-,12-/m0/s1. The van der Waals surface area contributed by atoms with Crippen molar-refractivity contribution in [2.45, 2.75) is 38.8 Å². The van der Waals surface area contributed by atoms with Crippen LogP contribution >= 0.6 is 23.5 Å². The Bertz CT molecular complexity index is 593. The van der Waals surface area contributed by atoms with Gasteiger partial charge in [-0.05, 0) is 12.8 Å². The summed E-state index contributed by atoms with van der Waals surface area (Å²) in [5.74, 6) is -3.68. The number of hydrogen-bond acceptors (Lipinski definition) is 8. The van der Waals surface area contributed by atoms with Crippen LogP contribution in [0.1, 0.15) is 26.7 Å². The van der Waals surface area contributed by atoms with Crippen LogP contribution in [-0.4, -0.2) is 81.1 Å². The molecule has 0 aliphatic rings. The van der Waals surface area contributed by atoms with Crippen molar-refractivity contribution >= 4 is 57.8 Å². The summed E-state index contributed by atoms with van der Waals surface area (Å²) in [6.07, 6.45) is 1.10. The molecule has 0 saturated heterocycles. The van der Waals surface area contributed by atoms with Crippen LogP contribution < -0.4 is 21.3 Å². The highest BCUT2D eigenvalue weighted by Crippen LogP contribution is 2.06. The number of aliphatic carboxylic acids is 2. The predicted molar refractivity (Wildman–Crippen MR) is 111 cm³/mol. The van der Waals surface area contributed by atoms with Gasteiger partial charge in [0.1, 0.15) is 12.1 Å². The van der Waals surface area contributed by atoms with E-state index in [1.807, 2.05) is 0 Å². The zero-order valence-corrected chi connectivity index (χ0v) is 18.2. The van der Waals surface area contributed by atoms with Gasteiger partial charge in [-0.3, -0.25) is 19.2 Å². The van der Waals surface area contributed by atoms with E-state index in [0.29, 0.717) is 25.9 Å². The van der Waals surface area contributed by atoms with Crippen LogP contribution in [-0.2, 0) is 19.2 Å². The van der Waals surface area contributed by atoms with E-state index in [9.17, 15) is 28.8 Å². The van der Waals surface area contributed by atoms with E-state index in [1.165, 1.54) is 13.8 Å². The highest BCUT2D eigenvalue weighted by atomic mass is 32.2. The summed E-state index contributed by atoms with van der Waals surface area (Å²) in [5.41, 5.74) is 0. The maximum absolute atomic E-state index is 11.7. The van der Waals surface area contributed by atoms with Gasteiger partial charge in [0.05, 0.1) is 0 Å². The fraction of sp³-hybridized carbons (Fsp3) is 0.625. The number of carbonyl (C=O) groups excluding carboxylic acids is 4. The molecule has 0 aromatic heterocycles. The smallest absolute Gasteiger partial charge is 0.327 e. The van der Waals surface area contributed by atoms with Crippen molar-refractivity contribution in [2.75, 3.05) is 24.6 Å². The Kier molecular flexibility index (Phi) is 14.1. The minimum atomic E-state index is -1.23. The molecule has 0 aromatic carbocycles. The zero-order chi connectivity index (χ0) is 23.1. The number of thioether (sulfide) groups is 2. The molecule has 0 heterocycles. The minimum Gasteiger partial charge on any atom is -0.480 e. The number of carboxylic acid groups (broad SMARTS) is 2. The maximum Gasteiger partial charge on any atom is 0.327 e. The van der Waals surface area contributed by atoms with Gasteiger partial charge in [-0.15, -0.1) is 0 Å². The molecule has 30 heavy (non-hydrogen) atoms. The maximum atomic E-state index is 11.7. The second-order valence-electron chi connectivity index (χ2n) is 5.94. The van der Waals surface area contributed by atoms with Crippen molar-refractivity contribution in [3.05, 3.63) is 0 Å². The van der Waals surface area contributed by atoms with Crippen LogP contribution in [0.4, 0.5) is 9.59 Å². The molecule has 0 aliphatic heterocycles. The molecule has 0 aliphatic carbocycles. The second-order valence-corrected chi connectivity index (χ2v) is 7.93. The third kappa shape index (κ3) is 14.5. The fourth-order valence-corrected chi connectivity index (χ4v) is 3.39. The molecular formula is C16H26N4O8S2. The highest BCUT2D eigenvalue weighted by Gasteiger charge is 2.20. The first kappa shape index (κ1) is 27.5. The van der Waals surface area contributed by atoms with E-state index in [-0.39, 0.29) is 11.5 Å². The van der Waals surface area contributed by atoms with Gasteiger partial charge < -0.3 is 31.5 Å². The third-order valence-electron chi connectivity index (χ3n) is 3.26. The first-order valence-electron chi connectivity index (χ1n) is 8.84. The van der Waals surface area contributed by atoms with Crippen LogP contribution in [0.5, 0.6) is 0 Å². The van der Waals surface area contributed by atoms with Crippen LogP contribution in [0.25, 0.3) is 0 Å². The topological polar surface area (TPSA) is 191 Å². The van der Waals surface area contributed by atoms with Crippen molar-refractivity contribution in [1.82, 2.24) is 21.3 Å². The molecule has 0 radical (unpaired) electrons. The lowest BCUT2D eigenvalue weighted by molar-refractivity contribution is -0.141. The number of rotatable bonds is 13. The van der Waals surface area contributed by atoms with E-state index in [2.05, 4.69) is 21.3 Å². The molecule has 170 valence electrons. The molecule has 0 unspecified atom stereocenters. The Hall–Kier alpha value is -2.48. The lowest BCUT2D eigenvalue weighted by Crippen LogP contribution is -2.42. The quantitative estimate of drug-likeness (QED) is 0.199. The van der Waals surface area contributed by atoms with Crippen molar-refractivity contribution in [3.63, 3.8) is 0 Å². The highest BCUT2D eigenvalue weighted by molar-refractivity contribution is 8.13. The second kappa shape index (κ2) is 15.4. The minimum absolute atomic E-state index is 0.107. The van der Waals surface area contributed by atoms with E-state index < -0.39 is 46.3 Å². The summed E-state index contributed by atoms with van der Waals surface area (Å²) in [6.45, 7) is 3.00. The van der Waals surface area contributed by atoms with Gasteiger partial charge in [0, 0.05) is 38.4 Å². The lowest BCUT2D eigenvalue weighted by atomic mass is 10.3. The number of carbonyl (C=O) groups is 6. The van der Waals surface area contributed by atoms with Crippen molar-refractivity contribution in [2.24, 2.45) is 0 Å². The molecule has 0 saturated carbocycles. The van der Waals surface area contributed by atoms with Crippen LogP contribution in [0.3, 0.4) is 0 Å². The molecule has 0 fully saturated rings. The monoisotopic (exact) mass is 466 g/mol. The molecular weight excluding hydrogens is 440 g/mol. The number of carboxylic acids is 2. The number of amides is 4. The van der Waals surface area contributed by atoms with Gasteiger partial charge in [0.25, 0.3) is 10.5 Å². The molecule has 6 N–H and O–H groups in total. The molecule has 2 atom stereocenters. The lowest BCUT2D eigenvalue weighted by Gasteiger charge is -2.13. The number of nitrogens with one attached hydrogen (secondary N) is 4. The molecule has 12 nitrogen and oxygen atoms in total. The van der Waals surface area contributed by atoms with E-state index in [0.717, 1.165) is 23.5 Å². The van der Waals surface area contributed by atoms with Crippen molar-refractivity contribution in [1.29, 1.82) is 0 Å². The van der Waals surface area contributed by atoms with Gasteiger partial charge in [-0.1, -0.05) is 23.5 Å². The molecule has 0 spiro atoms. The van der Waals surface area contributed by atoms with E-state index in [4.69, 9.17) is 10.2 Å². The van der Waals surface area contributed by atoms with Gasteiger partial charge in [-0.2, -0.15) is 0 Å². The number of hydrogen-bond donors (Lipinski definition) is 6. The van der Waals surface area contributed by atoms with E-state index in [1.54, 1.807) is 0 Å². The van der Waals surface area contributed by atoms with Crippen LogP contribution in [0, 0.1) is 0 Å². The summed E-state index contributed by atoms with van der Waals surface area (Å²) >= 11 is 1.49. The van der Waals surface area contributed by atoms with Gasteiger partial charge >= 0.3 is 11.9 Å². The molecule has 0 bridgehead atoms. The summed E-state index contributed by atoms with van der Waals surface area (Å²) in [6, 6.07) is -2.31. The Morgan fingerprint density at radius 2 is 1.03 bits per heavy atom. The summed E-state index contributed by atoms with van der Waals surface area (Å²) < 4.78 is 0. The van der Waals surface area contributed by atoms with Crippen LogP contribution in [0.2, 0.25) is 0 Å². The van der Waals surface area contributed by atoms with Gasteiger partial charge in [0.2, 0.25) is 11.8 Å². The Morgan fingerprint density at radius 1 is 0.700 bits per heavy atom. The van der Waals surface area contributed by atoms with Crippen LogP contribution in [0.15, 0.2) is 0 Å². The third-order valence-corrected chi connectivity index (χ3v) is 5.07. The zero-order valence-electron chi connectivity index (χ0n) is 16.6. The van der Waals surface area contributed by atoms with Crippen molar-refractivity contribution in [3.8, 4) is 0 Å². The average molecular weight is 467 g/mol. The van der Waals surface area contributed by atoms with Gasteiger partial charge in [-0.25, -0.2) is 9.59 Å². The summed E-state index contributed by atoms with van der Waals surface area (Å²) in [5, 5.41) is 26.7. The molecule has 14 heteroatoms. The largest absolute Gasteiger partial charge is 0.480 e. The molecule has 0 aromatic rings. The Morgan fingerprint density at radius 3 is 1.30 bits per heavy atom.